The molecule has 96 valence electrons. The van der Waals surface area contributed by atoms with Crippen molar-refractivity contribution in [3.8, 4) is 5.82 Å². The minimum Gasteiger partial charge on any atom is -0.313 e. The predicted octanol–water partition coefficient (Wildman–Crippen LogP) is 2.56. The smallest absolute Gasteiger partial charge is 0.190 e. The molecule has 0 saturated carbocycles. The largest absolute Gasteiger partial charge is 0.313 e. The van der Waals surface area contributed by atoms with Gasteiger partial charge in [0, 0.05) is 18.3 Å². The average molecular weight is 269 g/mol. The van der Waals surface area contributed by atoms with E-state index in [1.54, 1.807) is 12.3 Å². The highest BCUT2D eigenvalue weighted by atomic mass is 35.5. The van der Waals surface area contributed by atoms with E-state index in [4.69, 9.17) is 11.6 Å². The molecule has 2 aromatic heterocycles. The summed E-state index contributed by atoms with van der Waals surface area (Å²) >= 11 is 5.76. The minimum absolute atomic E-state index is 0.165. The molecule has 0 amide bonds. The molecule has 4 nitrogen and oxygen atoms in total. The Morgan fingerprint density at radius 1 is 1.50 bits per heavy atom. The molecule has 2 aromatic rings. The van der Waals surface area contributed by atoms with Gasteiger partial charge < -0.3 is 5.32 Å². The highest BCUT2D eigenvalue weighted by Gasteiger charge is 2.11. The van der Waals surface area contributed by atoms with E-state index in [0.717, 1.165) is 13.0 Å². The molecule has 0 aliphatic heterocycles. The van der Waals surface area contributed by atoms with Crippen LogP contribution in [0.15, 0.2) is 24.7 Å². The Balaban J connectivity index is 2.24. The first kappa shape index (κ1) is 13.0. The van der Waals surface area contributed by atoms with Crippen LogP contribution in [0.1, 0.15) is 18.9 Å². The summed E-state index contributed by atoms with van der Waals surface area (Å²) in [5.41, 5.74) is 0.570. The summed E-state index contributed by atoms with van der Waals surface area (Å²) in [5, 5.41) is 7.55. The van der Waals surface area contributed by atoms with Gasteiger partial charge in [0.25, 0.3) is 0 Å². The Morgan fingerprint density at radius 2 is 2.33 bits per heavy atom. The number of hydrogen-bond acceptors (Lipinski definition) is 3. The fraction of sp³-hybridized carbons (Fsp3) is 0.333. The summed E-state index contributed by atoms with van der Waals surface area (Å²) in [6, 6.07) is 1.66. The second kappa shape index (κ2) is 5.93. The van der Waals surface area contributed by atoms with Crippen molar-refractivity contribution in [2.24, 2.45) is 0 Å². The molecular weight excluding hydrogens is 255 g/mol. The molecule has 1 N–H and O–H groups in total. The molecule has 0 unspecified atom stereocenters. The van der Waals surface area contributed by atoms with Crippen LogP contribution in [0.5, 0.6) is 0 Å². The predicted molar refractivity (Wildman–Crippen MR) is 68.3 cm³/mol. The Morgan fingerprint density at radius 3 is 3.00 bits per heavy atom. The third kappa shape index (κ3) is 2.86. The summed E-state index contributed by atoms with van der Waals surface area (Å²) in [6.45, 7) is 3.39. The number of halogens is 2. The van der Waals surface area contributed by atoms with Gasteiger partial charge in [-0.15, -0.1) is 0 Å². The summed E-state index contributed by atoms with van der Waals surface area (Å²) in [4.78, 5) is 3.99. The van der Waals surface area contributed by atoms with Crippen LogP contribution in [0, 0.1) is 5.82 Å². The molecule has 2 heterocycles. The molecule has 0 saturated heterocycles. The van der Waals surface area contributed by atoms with Crippen molar-refractivity contribution in [2.75, 3.05) is 6.54 Å². The first-order chi connectivity index (χ1) is 8.72. The summed E-state index contributed by atoms with van der Waals surface area (Å²) in [5.74, 6) is -0.210. The van der Waals surface area contributed by atoms with Crippen LogP contribution in [-0.2, 0) is 6.54 Å². The quantitative estimate of drug-likeness (QED) is 0.848. The second-order valence-electron chi connectivity index (χ2n) is 3.89. The first-order valence-corrected chi connectivity index (χ1v) is 6.14. The highest BCUT2D eigenvalue weighted by Crippen LogP contribution is 2.16. The Bertz CT molecular complexity index is 527. The summed E-state index contributed by atoms with van der Waals surface area (Å²) in [6.07, 6.45) is 5.55. The van der Waals surface area contributed by atoms with Crippen LogP contribution in [0.25, 0.3) is 5.82 Å². The van der Waals surface area contributed by atoms with Crippen LogP contribution in [0.3, 0.4) is 0 Å². The van der Waals surface area contributed by atoms with Crippen molar-refractivity contribution in [1.82, 2.24) is 20.1 Å². The van der Waals surface area contributed by atoms with E-state index in [2.05, 4.69) is 22.3 Å². The number of pyridine rings is 1. The van der Waals surface area contributed by atoms with E-state index in [9.17, 15) is 4.39 Å². The van der Waals surface area contributed by atoms with Gasteiger partial charge in [-0.25, -0.2) is 14.1 Å². The normalized spacial score (nSPS) is 10.8. The Hall–Kier alpha value is -1.46. The van der Waals surface area contributed by atoms with Crippen LogP contribution < -0.4 is 5.32 Å². The van der Waals surface area contributed by atoms with E-state index in [1.165, 1.54) is 17.1 Å². The van der Waals surface area contributed by atoms with Crippen LogP contribution in [0.2, 0.25) is 5.02 Å². The van der Waals surface area contributed by atoms with Gasteiger partial charge in [-0.05, 0) is 19.0 Å². The molecule has 0 radical (unpaired) electrons. The third-order valence-electron chi connectivity index (χ3n) is 2.46. The number of nitrogens with zero attached hydrogens (tertiary/aromatic N) is 3. The third-order valence-corrected chi connectivity index (χ3v) is 2.66. The maximum absolute atomic E-state index is 14.2. The number of rotatable bonds is 5. The number of nitrogens with one attached hydrogen (secondary N) is 1. The van der Waals surface area contributed by atoms with Crippen molar-refractivity contribution in [2.45, 2.75) is 19.9 Å². The molecule has 0 bridgehead atoms. The minimum atomic E-state index is -0.374. The molecular formula is C12H14ClFN4. The topological polar surface area (TPSA) is 42.7 Å². The van der Waals surface area contributed by atoms with Gasteiger partial charge in [0.15, 0.2) is 11.6 Å². The first-order valence-electron chi connectivity index (χ1n) is 5.77. The molecule has 18 heavy (non-hydrogen) atoms. The van der Waals surface area contributed by atoms with Gasteiger partial charge >= 0.3 is 0 Å². The zero-order valence-corrected chi connectivity index (χ0v) is 10.8. The van der Waals surface area contributed by atoms with Crippen molar-refractivity contribution < 1.29 is 4.39 Å². The van der Waals surface area contributed by atoms with Crippen molar-refractivity contribution in [3.05, 3.63) is 41.1 Å². The SMILES string of the molecule is CCCNCc1ccnc(-n2cc(Cl)cn2)c1F. The van der Waals surface area contributed by atoms with Crippen LogP contribution in [0.4, 0.5) is 4.39 Å². The zero-order valence-electron chi connectivity index (χ0n) is 10.0. The van der Waals surface area contributed by atoms with Crippen LogP contribution in [-0.4, -0.2) is 21.3 Å². The second-order valence-corrected chi connectivity index (χ2v) is 4.32. The van der Waals surface area contributed by atoms with E-state index >= 15 is 0 Å². The van der Waals surface area contributed by atoms with Gasteiger partial charge in [0.05, 0.1) is 17.4 Å². The Labute approximate surface area is 110 Å². The molecule has 0 aliphatic rings. The van der Waals surface area contributed by atoms with E-state index in [-0.39, 0.29) is 11.6 Å². The van der Waals surface area contributed by atoms with E-state index in [1.807, 2.05) is 0 Å². The van der Waals surface area contributed by atoms with Crippen LogP contribution >= 0.6 is 11.6 Å². The highest BCUT2D eigenvalue weighted by molar-refractivity contribution is 6.30. The van der Waals surface area contributed by atoms with Gasteiger partial charge in [-0.2, -0.15) is 5.10 Å². The molecule has 0 aromatic carbocycles. The molecule has 0 aliphatic carbocycles. The standard InChI is InChI=1S/C12H14ClFN4/c1-2-4-15-6-9-3-5-16-12(11(9)14)18-8-10(13)7-17-18/h3,5,7-8,15H,2,4,6H2,1H3. The molecule has 0 atom stereocenters. The lowest BCUT2D eigenvalue weighted by Gasteiger charge is -2.08. The van der Waals surface area contributed by atoms with Crippen molar-refractivity contribution in [3.63, 3.8) is 0 Å². The molecule has 6 heteroatoms. The molecule has 2 rings (SSSR count). The molecule has 0 spiro atoms. The van der Waals surface area contributed by atoms with Gasteiger partial charge in [-0.3, -0.25) is 0 Å². The number of aromatic nitrogens is 3. The maximum atomic E-state index is 14.2. The maximum Gasteiger partial charge on any atom is 0.190 e. The lowest BCUT2D eigenvalue weighted by Crippen LogP contribution is -2.16. The lowest BCUT2D eigenvalue weighted by molar-refractivity contribution is 0.567. The van der Waals surface area contributed by atoms with Gasteiger partial charge in [0.2, 0.25) is 0 Å². The fourth-order valence-electron chi connectivity index (χ4n) is 1.58. The Kier molecular flexibility index (Phi) is 4.28. The fourth-order valence-corrected chi connectivity index (χ4v) is 1.72. The molecule has 0 fully saturated rings. The number of hydrogen-bond donors (Lipinski definition) is 1. The summed E-state index contributed by atoms with van der Waals surface area (Å²) < 4.78 is 15.5. The average Bonchev–Trinajstić information content (AvgIpc) is 2.78. The summed E-state index contributed by atoms with van der Waals surface area (Å²) in [7, 11) is 0. The van der Waals surface area contributed by atoms with E-state index in [0.29, 0.717) is 17.1 Å². The zero-order chi connectivity index (χ0) is 13.0. The van der Waals surface area contributed by atoms with Gasteiger partial charge in [-0.1, -0.05) is 18.5 Å². The van der Waals surface area contributed by atoms with Crippen molar-refractivity contribution in [1.29, 1.82) is 0 Å². The monoisotopic (exact) mass is 268 g/mol. The van der Waals surface area contributed by atoms with Crippen molar-refractivity contribution >= 4 is 11.6 Å². The van der Waals surface area contributed by atoms with Gasteiger partial charge in [0.1, 0.15) is 0 Å². The van der Waals surface area contributed by atoms with E-state index < -0.39 is 0 Å². The lowest BCUT2D eigenvalue weighted by atomic mass is 10.2.